The van der Waals surface area contributed by atoms with Gasteiger partial charge >= 0.3 is 0 Å². The molecule has 2 aromatic heterocycles. The number of ether oxygens (including phenoxy) is 1. The topological polar surface area (TPSA) is 64.7 Å². The van der Waals surface area contributed by atoms with Gasteiger partial charge in [0.15, 0.2) is 5.75 Å². The number of aromatic nitrogens is 1. The summed E-state index contributed by atoms with van der Waals surface area (Å²) < 4.78 is 13.6. The minimum absolute atomic E-state index is 0.115. The van der Waals surface area contributed by atoms with E-state index in [-0.39, 0.29) is 11.3 Å². The third-order valence-corrected chi connectivity index (χ3v) is 6.36. The highest BCUT2D eigenvalue weighted by atomic mass is 16.5. The quantitative estimate of drug-likeness (QED) is 0.467. The summed E-state index contributed by atoms with van der Waals surface area (Å²) in [6.45, 7) is 1.51. The third kappa shape index (κ3) is 3.45. The first-order chi connectivity index (χ1) is 15.6. The number of piperidine rings is 1. The lowest BCUT2D eigenvalue weighted by molar-refractivity contribution is -0.133. The average Bonchev–Trinajstić information content (AvgIpc) is 3.23. The van der Waals surface area contributed by atoms with Gasteiger partial charge in [-0.1, -0.05) is 12.1 Å². The summed E-state index contributed by atoms with van der Waals surface area (Å²) in [6, 6.07) is 15.5. The van der Waals surface area contributed by atoms with E-state index in [0.717, 1.165) is 52.9 Å². The molecular weight excluding hydrogens is 404 g/mol. The van der Waals surface area contributed by atoms with Gasteiger partial charge in [-0.2, -0.15) is 0 Å². The molecule has 0 unspecified atom stereocenters. The number of furan rings is 1. The molecule has 1 aliphatic rings. The van der Waals surface area contributed by atoms with Gasteiger partial charge in [-0.25, -0.2) is 0 Å². The number of fused-ring (bicyclic) bond motifs is 2. The predicted octanol–water partition coefficient (Wildman–Crippen LogP) is 4.52. The number of para-hydroxylation sites is 1. The number of likely N-dealkylation sites (tertiary alicyclic amines) is 1. The van der Waals surface area contributed by atoms with Crippen molar-refractivity contribution in [1.82, 2.24) is 9.47 Å². The molecule has 6 nitrogen and oxygen atoms in total. The van der Waals surface area contributed by atoms with Crippen molar-refractivity contribution in [2.24, 2.45) is 7.05 Å². The zero-order valence-electron chi connectivity index (χ0n) is 18.4. The lowest BCUT2D eigenvalue weighted by Crippen LogP contribution is -2.36. The van der Waals surface area contributed by atoms with Gasteiger partial charge in [-0.15, -0.1) is 0 Å². The molecule has 3 heterocycles. The fourth-order valence-corrected chi connectivity index (χ4v) is 4.69. The van der Waals surface area contributed by atoms with Crippen molar-refractivity contribution in [2.45, 2.75) is 25.7 Å². The number of methoxy groups -OCH3 is 1. The maximum absolute atomic E-state index is 13.0. The highest BCUT2D eigenvalue weighted by Crippen LogP contribution is 2.33. The van der Waals surface area contributed by atoms with E-state index < -0.39 is 0 Å². The molecular formula is C26H26N2O4. The molecule has 0 bridgehead atoms. The Morgan fingerprint density at radius 2 is 1.91 bits per heavy atom. The molecule has 0 radical (unpaired) electrons. The van der Waals surface area contributed by atoms with E-state index >= 15 is 0 Å². The number of aryl methyl sites for hydroxylation is 1. The second-order valence-electron chi connectivity index (χ2n) is 8.34. The first kappa shape index (κ1) is 20.4. The predicted molar refractivity (Wildman–Crippen MR) is 125 cm³/mol. The average molecular weight is 431 g/mol. The number of hydrogen-bond donors (Lipinski definition) is 0. The van der Waals surface area contributed by atoms with Gasteiger partial charge in [-0.05, 0) is 49.2 Å². The lowest BCUT2D eigenvalue weighted by atomic mass is 10.0. The first-order valence-electron chi connectivity index (χ1n) is 11.0. The second-order valence-corrected chi connectivity index (χ2v) is 8.34. The molecule has 2 aromatic carbocycles. The van der Waals surface area contributed by atoms with E-state index in [2.05, 4.69) is 0 Å². The Bertz CT molecular complexity index is 1380. The third-order valence-electron chi connectivity index (χ3n) is 6.36. The van der Waals surface area contributed by atoms with Crippen LogP contribution in [0.25, 0.3) is 33.1 Å². The lowest BCUT2D eigenvalue weighted by Gasteiger charge is -2.26. The number of hydrogen-bond acceptors (Lipinski definition) is 4. The van der Waals surface area contributed by atoms with Crippen LogP contribution in [0.1, 0.15) is 25.0 Å². The molecule has 1 fully saturated rings. The van der Waals surface area contributed by atoms with Crippen molar-refractivity contribution in [3.63, 3.8) is 0 Å². The maximum atomic E-state index is 13.0. The number of amides is 1. The van der Waals surface area contributed by atoms with Gasteiger partial charge < -0.3 is 18.6 Å². The molecule has 0 saturated carbocycles. The molecule has 0 atom stereocenters. The SMILES string of the molecule is COc1c(-c2ccc3oc(CCN4CCCCC4=O)cc3c2)n(C)c2ccccc2c1=O. The molecule has 164 valence electrons. The highest BCUT2D eigenvalue weighted by molar-refractivity contribution is 5.89. The molecule has 1 aliphatic heterocycles. The number of benzene rings is 2. The Morgan fingerprint density at radius 1 is 1.06 bits per heavy atom. The largest absolute Gasteiger partial charge is 0.491 e. The Morgan fingerprint density at radius 3 is 2.72 bits per heavy atom. The van der Waals surface area contributed by atoms with Gasteiger partial charge in [-0.3, -0.25) is 9.59 Å². The maximum Gasteiger partial charge on any atom is 0.231 e. The fourth-order valence-electron chi connectivity index (χ4n) is 4.69. The summed E-state index contributed by atoms with van der Waals surface area (Å²) in [7, 11) is 3.48. The van der Waals surface area contributed by atoms with E-state index in [1.807, 2.05) is 65.0 Å². The minimum Gasteiger partial charge on any atom is -0.491 e. The Labute approximate surface area is 186 Å². The summed E-state index contributed by atoms with van der Waals surface area (Å²) in [6.07, 6.45) is 3.40. The van der Waals surface area contributed by atoms with E-state index in [4.69, 9.17) is 9.15 Å². The van der Waals surface area contributed by atoms with Gasteiger partial charge in [0.2, 0.25) is 11.3 Å². The van der Waals surface area contributed by atoms with Gasteiger partial charge in [0.05, 0.1) is 18.3 Å². The van der Waals surface area contributed by atoms with Crippen molar-refractivity contribution in [3.05, 3.63) is 64.5 Å². The van der Waals surface area contributed by atoms with Crippen LogP contribution in [0.2, 0.25) is 0 Å². The fraction of sp³-hybridized carbons (Fsp3) is 0.308. The summed E-state index contributed by atoms with van der Waals surface area (Å²) in [5, 5.41) is 1.60. The van der Waals surface area contributed by atoms with Crippen LogP contribution >= 0.6 is 0 Å². The van der Waals surface area contributed by atoms with Crippen LogP contribution in [0.5, 0.6) is 5.75 Å². The zero-order valence-corrected chi connectivity index (χ0v) is 18.4. The molecule has 1 amide bonds. The van der Waals surface area contributed by atoms with Gasteiger partial charge in [0.1, 0.15) is 11.3 Å². The van der Waals surface area contributed by atoms with Crippen molar-refractivity contribution < 1.29 is 13.9 Å². The van der Waals surface area contributed by atoms with Crippen LogP contribution in [0.3, 0.4) is 0 Å². The summed E-state index contributed by atoms with van der Waals surface area (Å²) >= 11 is 0. The summed E-state index contributed by atoms with van der Waals surface area (Å²) in [4.78, 5) is 27.0. The van der Waals surface area contributed by atoms with Gasteiger partial charge in [0.25, 0.3) is 0 Å². The molecule has 6 heteroatoms. The molecule has 5 rings (SSSR count). The Kier molecular flexibility index (Phi) is 5.21. The summed E-state index contributed by atoms with van der Waals surface area (Å²) in [5.41, 5.74) is 3.15. The van der Waals surface area contributed by atoms with Crippen LogP contribution in [-0.4, -0.2) is 35.6 Å². The number of pyridine rings is 1. The van der Waals surface area contributed by atoms with Crippen LogP contribution in [0.4, 0.5) is 0 Å². The van der Waals surface area contributed by atoms with E-state index in [1.54, 1.807) is 0 Å². The zero-order chi connectivity index (χ0) is 22.2. The van der Waals surface area contributed by atoms with E-state index in [0.29, 0.717) is 30.5 Å². The van der Waals surface area contributed by atoms with E-state index in [1.165, 1.54) is 7.11 Å². The molecule has 0 N–H and O–H groups in total. The van der Waals surface area contributed by atoms with Gasteiger partial charge in [0, 0.05) is 49.3 Å². The van der Waals surface area contributed by atoms with Crippen molar-refractivity contribution in [1.29, 1.82) is 0 Å². The molecule has 1 saturated heterocycles. The van der Waals surface area contributed by atoms with Crippen molar-refractivity contribution >= 4 is 27.8 Å². The van der Waals surface area contributed by atoms with Crippen molar-refractivity contribution in [3.8, 4) is 17.0 Å². The smallest absolute Gasteiger partial charge is 0.231 e. The van der Waals surface area contributed by atoms with Crippen LogP contribution < -0.4 is 10.2 Å². The number of carbonyl (C=O) groups is 1. The highest BCUT2D eigenvalue weighted by Gasteiger charge is 2.20. The summed E-state index contributed by atoms with van der Waals surface area (Å²) in [5.74, 6) is 1.42. The van der Waals surface area contributed by atoms with Crippen LogP contribution in [-0.2, 0) is 18.3 Å². The molecule has 0 aliphatic carbocycles. The van der Waals surface area contributed by atoms with Crippen LogP contribution in [0, 0.1) is 0 Å². The molecule has 0 spiro atoms. The minimum atomic E-state index is -0.115. The Balaban J connectivity index is 1.52. The molecule has 4 aromatic rings. The molecule has 32 heavy (non-hydrogen) atoms. The van der Waals surface area contributed by atoms with E-state index in [9.17, 15) is 9.59 Å². The first-order valence-corrected chi connectivity index (χ1v) is 11.0. The number of nitrogens with zero attached hydrogens (tertiary/aromatic N) is 2. The van der Waals surface area contributed by atoms with Crippen molar-refractivity contribution in [2.75, 3.05) is 20.2 Å². The second kappa shape index (κ2) is 8.19. The number of carbonyl (C=O) groups excluding carboxylic acids is 1. The standard InChI is InChI=1S/C26H26N2O4/c1-27-21-8-4-3-7-20(21)25(30)26(31-2)24(27)17-10-11-22-18(15-17)16-19(32-22)12-14-28-13-6-5-9-23(28)29/h3-4,7-8,10-11,15-16H,5-6,9,12-14H2,1-2H3. The van der Waals surface area contributed by atoms with Crippen LogP contribution in [0.15, 0.2) is 57.7 Å². The monoisotopic (exact) mass is 430 g/mol. The Hall–Kier alpha value is -3.54. The number of rotatable bonds is 5. The normalized spacial score (nSPS) is 14.4.